The Morgan fingerprint density at radius 2 is 1.82 bits per heavy atom. The minimum atomic E-state index is -0.357. The van der Waals surface area contributed by atoms with Gasteiger partial charge in [0.2, 0.25) is 17.0 Å². The van der Waals surface area contributed by atoms with Gasteiger partial charge in [0.25, 0.3) is 0 Å². The molecule has 2 heterocycles. The lowest BCUT2D eigenvalue weighted by Crippen LogP contribution is -2.17. The maximum atomic E-state index is 13.2. The van der Waals surface area contributed by atoms with Crippen molar-refractivity contribution in [1.29, 1.82) is 0 Å². The Kier molecular flexibility index (Phi) is 6.45. The van der Waals surface area contributed by atoms with E-state index in [0.717, 1.165) is 11.8 Å². The molecular formula is C21H19FN8O2S. The van der Waals surface area contributed by atoms with Gasteiger partial charge in [0.1, 0.15) is 11.6 Å². The van der Waals surface area contributed by atoms with Crippen LogP contribution in [0.3, 0.4) is 0 Å². The zero-order chi connectivity index (χ0) is 23.4. The van der Waals surface area contributed by atoms with Crippen molar-refractivity contribution in [1.82, 2.24) is 30.0 Å². The highest BCUT2D eigenvalue weighted by atomic mass is 32.2. The molecule has 0 aliphatic heterocycles. The second-order valence-electron chi connectivity index (χ2n) is 7.00. The maximum Gasteiger partial charge on any atom is 0.236 e. The van der Waals surface area contributed by atoms with Gasteiger partial charge in [-0.05, 0) is 59.8 Å². The number of thioether (sulfide) groups is 1. The van der Waals surface area contributed by atoms with Gasteiger partial charge >= 0.3 is 0 Å². The SMILES string of the molecule is CC(=O)Nc1cccc(-n2nnnc2SCC(=O)Nc2cc(C)nn2-c2ccc(F)cc2)c1. The van der Waals surface area contributed by atoms with Crippen molar-refractivity contribution in [3.8, 4) is 11.4 Å². The number of carbonyl (C=O) groups excluding carboxylic acids is 2. The van der Waals surface area contributed by atoms with E-state index >= 15 is 0 Å². The highest BCUT2D eigenvalue weighted by Gasteiger charge is 2.15. The van der Waals surface area contributed by atoms with E-state index in [2.05, 4.69) is 31.3 Å². The van der Waals surface area contributed by atoms with Gasteiger partial charge in [-0.1, -0.05) is 17.8 Å². The zero-order valence-electron chi connectivity index (χ0n) is 17.7. The lowest BCUT2D eigenvalue weighted by molar-refractivity contribution is -0.114. The van der Waals surface area contributed by atoms with Crippen LogP contribution in [0.25, 0.3) is 11.4 Å². The number of carbonyl (C=O) groups is 2. The summed E-state index contributed by atoms with van der Waals surface area (Å²) in [5.74, 6) is -0.327. The first-order valence-electron chi connectivity index (χ1n) is 9.81. The average Bonchev–Trinajstić information content (AvgIpc) is 3.39. The van der Waals surface area contributed by atoms with Crippen molar-refractivity contribution in [2.45, 2.75) is 19.0 Å². The minimum Gasteiger partial charge on any atom is -0.326 e. The molecule has 12 heteroatoms. The Bertz CT molecular complexity index is 1300. The van der Waals surface area contributed by atoms with Crippen LogP contribution < -0.4 is 10.6 Å². The number of nitrogens with one attached hydrogen (secondary N) is 2. The van der Waals surface area contributed by atoms with Crippen LogP contribution in [0.1, 0.15) is 12.6 Å². The van der Waals surface area contributed by atoms with E-state index in [4.69, 9.17) is 0 Å². The fourth-order valence-electron chi connectivity index (χ4n) is 3.03. The highest BCUT2D eigenvalue weighted by Crippen LogP contribution is 2.22. The first kappa shape index (κ1) is 22.1. The van der Waals surface area contributed by atoms with Gasteiger partial charge in [0.15, 0.2) is 0 Å². The van der Waals surface area contributed by atoms with Crippen molar-refractivity contribution in [2.24, 2.45) is 0 Å². The molecule has 2 aromatic heterocycles. The summed E-state index contributed by atoms with van der Waals surface area (Å²) in [4.78, 5) is 23.9. The van der Waals surface area contributed by atoms with E-state index in [0.29, 0.717) is 33.7 Å². The number of aryl methyl sites for hydroxylation is 1. The van der Waals surface area contributed by atoms with Crippen LogP contribution in [-0.4, -0.2) is 47.6 Å². The summed E-state index contributed by atoms with van der Waals surface area (Å²) < 4.78 is 16.3. The van der Waals surface area contributed by atoms with E-state index in [1.807, 2.05) is 0 Å². The summed E-state index contributed by atoms with van der Waals surface area (Å²) in [6.07, 6.45) is 0. The number of benzene rings is 2. The predicted octanol–water partition coefficient (Wildman–Crippen LogP) is 2.98. The number of amides is 2. The molecule has 4 rings (SSSR count). The topological polar surface area (TPSA) is 120 Å². The van der Waals surface area contributed by atoms with Crippen LogP contribution in [0.15, 0.2) is 59.8 Å². The van der Waals surface area contributed by atoms with Gasteiger partial charge in [-0.3, -0.25) is 9.59 Å². The maximum absolute atomic E-state index is 13.2. The van der Waals surface area contributed by atoms with Gasteiger partial charge < -0.3 is 10.6 Å². The van der Waals surface area contributed by atoms with Crippen molar-refractivity contribution in [2.75, 3.05) is 16.4 Å². The lowest BCUT2D eigenvalue weighted by atomic mass is 10.3. The molecule has 4 aromatic rings. The molecule has 0 radical (unpaired) electrons. The Morgan fingerprint density at radius 1 is 1.03 bits per heavy atom. The summed E-state index contributed by atoms with van der Waals surface area (Å²) in [6.45, 7) is 3.22. The van der Waals surface area contributed by atoms with E-state index in [9.17, 15) is 14.0 Å². The third-order valence-electron chi connectivity index (χ3n) is 4.35. The van der Waals surface area contributed by atoms with Gasteiger partial charge in [-0.25, -0.2) is 9.07 Å². The Morgan fingerprint density at radius 3 is 2.58 bits per heavy atom. The predicted molar refractivity (Wildman–Crippen MR) is 121 cm³/mol. The molecular weight excluding hydrogens is 447 g/mol. The summed E-state index contributed by atoms with van der Waals surface area (Å²) >= 11 is 1.15. The van der Waals surface area contributed by atoms with Crippen LogP contribution >= 0.6 is 11.8 Å². The van der Waals surface area contributed by atoms with E-state index < -0.39 is 0 Å². The number of hydrogen-bond donors (Lipinski definition) is 2. The van der Waals surface area contributed by atoms with E-state index in [1.165, 1.54) is 28.4 Å². The van der Waals surface area contributed by atoms with E-state index in [1.54, 1.807) is 49.4 Å². The van der Waals surface area contributed by atoms with Crippen LogP contribution in [0.4, 0.5) is 15.9 Å². The quantitative estimate of drug-likeness (QED) is 0.402. The molecule has 0 saturated heterocycles. The molecule has 0 spiro atoms. The first-order chi connectivity index (χ1) is 15.9. The summed E-state index contributed by atoms with van der Waals surface area (Å²) in [5.41, 5.74) is 2.56. The third kappa shape index (κ3) is 5.41. The minimum absolute atomic E-state index is 0.0411. The summed E-state index contributed by atoms with van der Waals surface area (Å²) in [5, 5.41) is 22.0. The molecule has 2 N–H and O–H groups in total. The fourth-order valence-corrected chi connectivity index (χ4v) is 3.72. The number of hydrogen-bond acceptors (Lipinski definition) is 7. The van der Waals surface area contributed by atoms with E-state index in [-0.39, 0.29) is 23.4 Å². The molecule has 2 aromatic carbocycles. The average molecular weight is 467 g/mol. The number of aromatic nitrogens is 6. The van der Waals surface area contributed by atoms with Crippen molar-refractivity contribution in [3.63, 3.8) is 0 Å². The Labute approximate surface area is 192 Å². The number of rotatable bonds is 7. The first-order valence-corrected chi connectivity index (χ1v) is 10.8. The summed E-state index contributed by atoms with van der Waals surface area (Å²) in [6, 6.07) is 14.6. The fraction of sp³-hybridized carbons (Fsp3) is 0.143. The molecule has 33 heavy (non-hydrogen) atoms. The molecule has 0 saturated carbocycles. The second kappa shape index (κ2) is 9.61. The standard InChI is InChI=1S/C21H19FN8O2S/c1-13-10-19(29(26-13)17-8-6-15(22)7-9-17)24-20(32)12-33-21-25-27-28-30(21)18-5-3-4-16(11-18)23-14(2)31/h3-11H,12H2,1-2H3,(H,23,31)(H,24,32). The molecule has 0 aliphatic carbocycles. The van der Waals surface area contributed by atoms with Gasteiger partial charge in [0.05, 0.1) is 22.8 Å². The molecule has 10 nitrogen and oxygen atoms in total. The monoisotopic (exact) mass is 466 g/mol. The highest BCUT2D eigenvalue weighted by molar-refractivity contribution is 7.99. The smallest absolute Gasteiger partial charge is 0.236 e. The van der Waals surface area contributed by atoms with Crippen molar-refractivity contribution in [3.05, 3.63) is 66.1 Å². The summed E-state index contributed by atoms with van der Waals surface area (Å²) in [7, 11) is 0. The van der Waals surface area contributed by atoms with Gasteiger partial charge in [-0.2, -0.15) is 9.78 Å². The largest absolute Gasteiger partial charge is 0.326 e. The molecule has 0 fully saturated rings. The number of nitrogens with zero attached hydrogens (tertiary/aromatic N) is 6. The number of halogens is 1. The van der Waals surface area contributed by atoms with Crippen LogP contribution in [-0.2, 0) is 9.59 Å². The Balaban J connectivity index is 1.45. The molecule has 0 bridgehead atoms. The molecule has 168 valence electrons. The van der Waals surface area contributed by atoms with Crippen LogP contribution in [0.5, 0.6) is 0 Å². The normalized spacial score (nSPS) is 10.8. The molecule has 0 unspecified atom stereocenters. The van der Waals surface area contributed by atoms with Crippen molar-refractivity contribution < 1.29 is 14.0 Å². The van der Waals surface area contributed by atoms with Crippen LogP contribution in [0.2, 0.25) is 0 Å². The molecule has 0 aliphatic rings. The zero-order valence-corrected chi connectivity index (χ0v) is 18.5. The van der Waals surface area contributed by atoms with Crippen LogP contribution in [0, 0.1) is 12.7 Å². The van der Waals surface area contributed by atoms with Gasteiger partial charge in [-0.15, -0.1) is 5.10 Å². The van der Waals surface area contributed by atoms with Crippen molar-refractivity contribution >= 4 is 35.1 Å². The number of tetrazole rings is 1. The third-order valence-corrected chi connectivity index (χ3v) is 5.27. The molecule has 0 atom stereocenters. The van der Waals surface area contributed by atoms with Gasteiger partial charge in [0, 0.05) is 18.7 Å². The lowest BCUT2D eigenvalue weighted by Gasteiger charge is -2.09. The second-order valence-corrected chi connectivity index (χ2v) is 7.94. The number of anilines is 2. The Hall–Kier alpha value is -4.06. The molecule has 2 amide bonds.